The minimum Gasteiger partial charge on any atom is -0.365 e. The van der Waals surface area contributed by atoms with Crippen molar-refractivity contribution >= 4 is 20.8 Å². The molecule has 5 nitrogen and oxygen atoms in total. The lowest BCUT2D eigenvalue weighted by Crippen LogP contribution is -2.34. The van der Waals surface area contributed by atoms with Crippen molar-refractivity contribution in [1.29, 1.82) is 0 Å². The number of hydrogen-bond acceptors (Lipinski definition) is 2. The molecule has 0 fully saturated rings. The van der Waals surface area contributed by atoms with Gasteiger partial charge in [-0.3, -0.25) is 4.79 Å². The van der Waals surface area contributed by atoms with Gasteiger partial charge in [0.2, 0.25) is 0 Å². The summed E-state index contributed by atoms with van der Waals surface area (Å²) in [5.74, 6) is -0.994. The van der Waals surface area contributed by atoms with E-state index in [-0.39, 0.29) is 5.56 Å². The van der Waals surface area contributed by atoms with Crippen LogP contribution in [0, 0.1) is 0 Å². The second-order valence-electron chi connectivity index (χ2n) is 2.63. The summed E-state index contributed by atoms with van der Waals surface area (Å²) in [4.78, 5) is 10.5. The Balaban J connectivity index is 3.46. The van der Waals surface area contributed by atoms with Crippen molar-refractivity contribution in [2.75, 3.05) is 0 Å². The maximum atomic E-state index is 11.1. The quantitative estimate of drug-likeness (QED) is 0.448. The van der Waals surface area contributed by atoms with Gasteiger partial charge in [0.1, 0.15) is 4.86 Å². The van der Waals surface area contributed by atoms with Crippen LogP contribution in [0.3, 0.4) is 0 Å². The molecule has 1 amide bonds. The lowest BCUT2D eigenvalue weighted by atomic mass is 10.1. The number of hydrogen-bond donors (Lipinski definition) is 3. The number of amides is 1. The van der Waals surface area contributed by atoms with Gasteiger partial charge in [0.25, 0.3) is 5.91 Å². The predicted molar refractivity (Wildman–Crippen MR) is 54.7 cm³/mol. The predicted octanol–water partition coefficient (Wildman–Crippen LogP) is -0.677. The zero-order chi connectivity index (χ0) is 10.8. The highest BCUT2D eigenvalue weighted by Gasteiger charge is 2.16. The summed E-state index contributed by atoms with van der Waals surface area (Å²) >= 11 is 0. The fraction of sp³-hybridized carbons (Fsp3) is 0. The summed E-state index contributed by atoms with van der Waals surface area (Å²) in [6.07, 6.45) is 0. The van der Waals surface area contributed by atoms with E-state index in [1.165, 1.54) is 12.1 Å². The third-order valence-corrected chi connectivity index (χ3v) is 2.57. The van der Waals surface area contributed by atoms with E-state index < -0.39 is 20.8 Å². The SMILES string of the molecule is NC(=O)C(c1ccccc1)=S(N)(=O)O. The Morgan fingerprint density at radius 2 is 1.79 bits per heavy atom. The van der Waals surface area contributed by atoms with Crippen LogP contribution in [0.15, 0.2) is 30.3 Å². The van der Waals surface area contributed by atoms with E-state index in [0.717, 1.165) is 0 Å². The molecule has 0 aliphatic carbocycles. The Hall–Kier alpha value is -1.37. The summed E-state index contributed by atoms with van der Waals surface area (Å²) < 4.78 is 20.2. The average molecular weight is 214 g/mol. The maximum Gasteiger partial charge on any atom is 0.261 e. The smallest absolute Gasteiger partial charge is 0.261 e. The fourth-order valence-corrected chi connectivity index (χ4v) is 1.81. The summed E-state index contributed by atoms with van der Waals surface area (Å²) in [6.45, 7) is 0. The first kappa shape index (κ1) is 10.7. The van der Waals surface area contributed by atoms with Crippen molar-refractivity contribution in [3.05, 3.63) is 35.9 Å². The molecule has 14 heavy (non-hydrogen) atoms. The molecule has 0 aromatic heterocycles. The van der Waals surface area contributed by atoms with Crippen LogP contribution in [-0.2, 0) is 14.8 Å². The molecule has 0 radical (unpaired) electrons. The second-order valence-corrected chi connectivity index (χ2v) is 4.17. The Morgan fingerprint density at radius 3 is 2.14 bits per heavy atom. The average Bonchev–Trinajstić information content (AvgIpc) is 2.02. The summed E-state index contributed by atoms with van der Waals surface area (Å²) in [7, 11) is -3.83. The largest absolute Gasteiger partial charge is 0.365 e. The molecule has 0 heterocycles. The van der Waals surface area contributed by atoms with E-state index >= 15 is 0 Å². The third kappa shape index (κ3) is 2.32. The van der Waals surface area contributed by atoms with E-state index in [1.807, 2.05) is 0 Å². The Morgan fingerprint density at radius 1 is 1.29 bits per heavy atom. The van der Waals surface area contributed by atoms with Crippen LogP contribution in [0.1, 0.15) is 5.56 Å². The molecule has 1 rings (SSSR count). The first-order valence-electron chi connectivity index (χ1n) is 3.69. The van der Waals surface area contributed by atoms with Crippen LogP contribution in [0.4, 0.5) is 0 Å². The standard InChI is InChI=1S/C8H10N2O3S/c9-8(11)7(14(10,12)13)6-4-2-1-3-5-6/h1-5H,(H2,9,11)(H3,10,12,13). The molecule has 1 aromatic carbocycles. The first-order valence-corrected chi connectivity index (χ1v) is 5.27. The van der Waals surface area contributed by atoms with Crippen LogP contribution in [0.2, 0.25) is 0 Å². The highest BCUT2D eigenvalue weighted by Crippen LogP contribution is 2.02. The monoisotopic (exact) mass is 214 g/mol. The van der Waals surface area contributed by atoms with Gasteiger partial charge in [-0.2, -0.15) is 0 Å². The first-order chi connectivity index (χ1) is 6.43. The number of carbonyl (C=O) groups is 1. The normalized spacial score (nSPS) is 14.4. The van der Waals surface area contributed by atoms with Gasteiger partial charge >= 0.3 is 0 Å². The molecule has 0 saturated carbocycles. The molecule has 1 aromatic rings. The van der Waals surface area contributed by atoms with E-state index in [1.54, 1.807) is 18.2 Å². The van der Waals surface area contributed by atoms with E-state index in [9.17, 15) is 9.00 Å². The molecule has 0 saturated heterocycles. The molecule has 5 N–H and O–H groups in total. The molecule has 0 aliphatic heterocycles. The molecule has 1 unspecified atom stereocenters. The Bertz CT molecular complexity index is 453. The molecule has 0 bridgehead atoms. The van der Waals surface area contributed by atoms with Crippen molar-refractivity contribution in [2.45, 2.75) is 0 Å². The van der Waals surface area contributed by atoms with Crippen molar-refractivity contribution in [3.63, 3.8) is 0 Å². The van der Waals surface area contributed by atoms with Crippen LogP contribution < -0.4 is 10.9 Å². The second kappa shape index (κ2) is 3.79. The number of nitrogens with two attached hydrogens (primary N) is 2. The molecule has 1 atom stereocenters. The number of primary amides is 1. The van der Waals surface area contributed by atoms with Gasteiger partial charge in [-0.25, -0.2) is 9.35 Å². The van der Waals surface area contributed by atoms with Crippen LogP contribution in [-0.4, -0.2) is 19.5 Å². The summed E-state index contributed by atoms with van der Waals surface area (Å²) in [5, 5.41) is 4.96. The van der Waals surface area contributed by atoms with Gasteiger partial charge in [-0.05, 0) is 5.56 Å². The van der Waals surface area contributed by atoms with Crippen LogP contribution >= 0.6 is 0 Å². The number of rotatable bonds is 2. The third-order valence-electron chi connectivity index (χ3n) is 1.55. The molecular weight excluding hydrogens is 204 g/mol. The van der Waals surface area contributed by atoms with Gasteiger partial charge in [-0.1, -0.05) is 30.3 Å². The molecule has 76 valence electrons. The van der Waals surface area contributed by atoms with Crippen molar-refractivity contribution < 1.29 is 13.6 Å². The molecular formula is C8H10N2O3S. The lowest BCUT2D eigenvalue weighted by Gasteiger charge is -2.05. The van der Waals surface area contributed by atoms with E-state index in [0.29, 0.717) is 0 Å². The van der Waals surface area contributed by atoms with Gasteiger partial charge in [0.05, 0.1) is 0 Å². The zero-order valence-corrected chi connectivity index (χ0v) is 8.03. The number of benzene rings is 1. The van der Waals surface area contributed by atoms with E-state index in [4.69, 9.17) is 15.4 Å². The molecule has 6 heteroatoms. The number of carbonyl (C=O) groups excluding carboxylic acids is 1. The zero-order valence-electron chi connectivity index (χ0n) is 7.21. The van der Waals surface area contributed by atoms with Crippen molar-refractivity contribution in [3.8, 4) is 0 Å². The lowest BCUT2D eigenvalue weighted by molar-refractivity contribution is -0.111. The van der Waals surface area contributed by atoms with E-state index in [2.05, 4.69) is 0 Å². The van der Waals surface area contributed by atoms with Gasteiger partial charge in [0.15, 0.2) is 9.99 Å². The highest BCUT2D eigenvalue weighted by molar-refractivity contribution is 7.96. The van der Waals surface area contributed by atoms with Gasteiger partial charge in [-0.15, -0.1) is 0 Å². The summed E-state index contributed by atoms with van der Waals surface area (Å²) in [6, 6.07) is 7.91. The molecule has 0 spiro atoms. The van der Waals surface area contributed by atoms with Crippen molar-refractivity contribution in [1.82, 2.24) is 0 Å². The van der Waals surface area contributed by atoms with Gasteiger partial charge in [0, 0.05) is 0 Å². The van der Waals surface area contributed by atoms with Gasteiger partial charge < -0.3 is 10.3 Å². The van der Waals surface area contributed by atoms with Crippen LogP contribution in [0.25, 0.3) is 0 Å². The Kier molecular flexibility index (Phi) is 2.90. The fourth-order valence-electron chi connectivity index (χ4n) is 1.04. The highest BCUT2D eigenvalue weighted by atomic mass is 32.2. The Labute approximate surface area is 81.7 Å². The van der Waals surface area contributed by atoms with Crippen molar-refractivity contribution in [2.24, 2.45) is 10.9 Å². The minimum atomic E-state index is -3.83. The molecule has 0 aliphatic rings. The minimum absolute atomic E-state index is 0.259. The topological polar surface area (TPSA) is 106 Å². The summed E-state index contributed by atoms with van der Waals surface area (Å²) in [5.41, 5.74) is 5.22. The maximum absolute atomic E-state index is 11.1. The van der Waals surface area contributed by atoms with Crippen LogP contribution in [0.5, 0.6) is 0 Å².